The Bertz CT molecular complexity index is 805. The summed E-state index contributed by atoms with van der Waals surface area (Å²) in [6.45, 7) is 1.04. The summed E-state index contributed by atoms with van der Waals surface area (Å²) in [6.07, 6.45) is 4.10. The molecule has 1 unspecified atom stereocenters. The van der Waals surface area contributed by atoms with Gasteiger partial charge in [-0.2, -0.15) is 0 Å². The minimum absolute atomic E-state index is 0.278. The monoisotopic (exact) mass is 294 g/mol. The van der Waals surface area contributed by atoms with Crippen LogP contribution in [0.1, 0.15) is 24.7 Å². The highest BCUT2D eigenvalue weighted by Gasteiger charge is 2.24. The van der Waals surface area contributed by atoms with Crippen molar-refractivity contribution in [3.63, 3.8) is 0 Å². The van der Waals surface area contributed by atoms with Crippen molar-refractivity contribution in [2.24, 2.45) is 0 Å². The van der Waals surface area contributed by atoms with Gasteiger partial charge in [-0.3, -0.25) is 4.57 Å². The van der Waals surface area contributed by atoms with Crippen LogP contribution in [0.2, 0.25) is 0 Å². The Hall–Kier alpha value is -2.40. The highest BCUT2D eigenvalue weighted by atomic mass is 16.5. The number of rotatable bonds is 3. The molecule has 1 aliphatic heterocycles. The molecule has 2 aromatic heterocycles. The molecular weight excluding hydrogens is 276 g/mol. The average Bonchev–Trinajstić information content (AvgIpc) is 3.22. The number of fused-ring (bicyclic) bond motifs is 1. The van der Waals surface area contributed by atoms with Gasteiger partial charge in [0.05, 0.1) is 18.8 Å². The maximum atomic E-state index is 5.36. The summed E-state index contributed by atoms with van der Waals surface area (Å²) < 4.78 is 7.50. The van der Waals surface area contributed by atoms with E-state index in [1.807, 2.05) is 36.5 Å². The van der Waals surface area contributed by atoms with Gasteiger partial charge in [-0.15, -0.1) is 0 Å². The van der Waals surface area contributed by atoms with Gasteiger partial charge >= 0.3 is 0 Å². The minimum Gasteiger partial charge on any atom is -0.497 e. The average molecular weight is 294 g/mol. The second kappa shape index (κ2) is 5.42. The van der Waals surface area contributed by atoms with E-state index >= 15 is 0 Å². The number of aromatic nitrogens is 3. The first kappa shape index (κ1) is 13.3. The molecule has 0 spiro atoms. The molecule has 0 aliphatic carbocycles. The summed E-state index contributed by atoms with van der Waals surface area (Å²) in [4.78, 5) is 9.36. The van der Waals surface area contributed by atoms with Crippen molar-refractivity contribution < 1.29 is 4.74 Å². The van der Waals surface area contributed by atoms with Crippen molar-refractivity contribution in [3.05, 3.63) is 48.4 Å². The molecule has 1 fully saturated rings. The lowest BCUT2D eigenvalue weighted by Crippen LogP contribution is -2.17. The van der Waals surface area contributed by atoms with Crippen LogP contribution >= 0.6 is 0 Å². The van der Waals surface area contributed by atoms with Crippen molar-refractivity contribution in [1.82, 2.24) is 19.9 Å². The van der Waals surface area contributed by atoms with Gasteiger partial charge in [-0.1, -0.05) is 6.07 Å². The Morgan fingerprint density at radius 2 is 2.23 bits per heavy atom. The molecule has 1 aliphatic rings. The molecule has 5 nitrogen and oxygen atoms in total. The molecule has 1 atom stereocenters. The smallest absolute Gasteiger partial charge is 0.164 e. The fourth-order valence-electron chi connectivity index (χ4n) is 3.07. The largest absolute Gasteiger partial charge is 0.497 e. The third kappa shape index (κ3) is 2.14. The first-order valence-electron chi connectivity index (χ1n) is 7.58. The summed E-state index contributed by atoms with van der Waals surface area (Å²) in [5, 5.41) is 3.53. The molecule has 1 N–H and O–H groups in total. The van der Waals surface area contributed by atoms with Crippen molar-refractivity contribution in [1.29, 1.82) is 0 Å². The second-order valence-electron chi connectivity index (χ2n) is 5.50. The van der Waals surface area contributed by atoms with Gasteiger partial charge in [-0.25, -0.2) is 9.97 Å². The number of imidazole rings is 1. The van der Waals surface area contributed by atoms with E-state index in [1.54, 1.807) is 7.11 Å². The maximum Gasteiger partial charge on any atom is 0.164 e. The number of nitrogens with one attached hydrogen (secondary N) is 1. The highest BCUT2D eigenvalue weighted by Crippen LogP contribution is 2.29. The Kier molecular flexibility index (Phi) is 3.27. The van der Waals surface area contributed by atoms with Gasteiger partial charge in [0.15, 0.2) is 5.65 Å². The number of benzene rings is 1. The topological polar surface area (TPSA) is 52.0 Å². The maximum absolute atomic E-state index is 5.36. The molecular formula is C17H18N4O. The zero-order valence-corrected chi connectivity index (χ0v) is 12.5. The molecule has 5 heteroatoms. The molecule has 1 saturated heterocycles. The van der Waals surface area contributed by atoms with Gasteiger partial charge in [0.25, 0.3) is 0 Å². The predicted molar refractivity (Wildman–Crippen MR) is 85.4 cm³/mol. The molecule has 3 heterocycles. The number of hydrogen-bond acceptors (Lipinski definition) is 4. The normalized spacial score (nSPS) is 18.0. The lowest BCUT2D eigenvalue weighted by Gasteiger charge is -2.14. The van der Waals surface area contributed by atoms with Crippen LogP contribution in [0.3, 0.4) is 0 Å². The van der Waals surface area contributed by atoms with Crippen LogP contribution < -0.4 is 10.1 Å². The molecule has 0 bridgehead atoms. The summed E-state index contributed by atoms with van der Waals surface area (Å²) >= 11 is 0. The third-order valence-electron chi connectivity index (χ3n) is 4.13. The van der Waals surface area contributed by atoms with Gasteiger partial charge in [0.2, 0.25) is 0 Å². The number of methoxy groups -OCH3 is 1. The first-order chi connectivity index (χ1) is 10.9. The van der Waals surface area contributed by atoms with E-state index in [1.165, 1.54) is 6.42 Å². The fourth-order valence-corrected chi connectivity index (χ4v) is 3.07. The second-order valence-corrected chi connectivity index (χ2v) is 5.50. The van der Waals surface area contributed by atoms with Crippen LogP contribution in [0.25, 0.3) is 16.9 Å². The van der Waals surface area contributed by atoms with Crippen LogP contribution in [0.5, 0.6) is 5.75 Å². The van der Waals surface area contributed by atoms with Gasteiger partial charge in [-0.05, 0) is 43.7 Å². The van der Waals surface area contributed by atoms with Crippen molar-refractivity contribution in [2.45, 2.75) is 18.9 Å². The first-order valence-corrected chi connectivity index (χ1v) is 7.58. The van der Waals surface area contributed by atoms with Crippen LogP contribution in [0, 0.1) is 0 Å². The SMILES string of the molecule is COc1cccc(-n2c(C3CCCN3)nc3cccnc32)c1. The van der Waals surface area contributed by atoms with Crippen molar-refractivity contribution >= 4 is 11.2 Å². The Morgan fingerprint density at radius 1 is 1.27 bits per heavy atom. The molecule has 4 rings (SSSR count). The van der Waals surface area contributed by atoms with Gasteiger partial charge in [0, 0.05) is 12.3 Å². The summed E-state index contributed by atoms with van der Waals surface area (Å²) in [7, 11) is 1.68. The third-order valence-corrected chi connectivity index (χ3v) is 4.13. The van der Waals surface area contributed by atoms with E-state index in [4.69, 9.17) is 9.72 Å². The van der Waals surface area contributed by atoms with Gasteiger partial charge in [0.1, 0.15) is 17.1 Å². The molecule has 22 heavy (non-hydrogen) atoms. The summed E-state index contributed by atoms with van der Waals surface area (Å²) in [6, 6.07) is 12.2. The van der Waals surface area contributed by atoms with Crippen LogP contribution in [-0.4, -0.2) is 28.2 Å². The standard InChI is InChI=1S/C17H18N4O/c1-22-13-6-2-5-12(11-13)21-16-15(8-4-10-19-16)20-17(21)14-7-3-9-18-14/h2,4-6,8,10-11,14,18H,3,7,9H2,1H3. The van der Waals surface area contributed by atoms with Crippen LogP contribution in [0.4, 0.5) is 0 Å². The van der Waals surface area contributed by atoms with E-state index in [0.29, 0.717) is 0 Å². The van der Waals surface area contributed by atoms with Crippen LogP contribution in [-0.2, 0) is 0 Å². The van der Waals surface area contributed by atoms with E-state index in [-0.39, 0.29) is 6.04 Å². The number of ether oxygens (including phenoxy) is 1. The van der Waals surface area contributed by atoms with E-state index in [2.05, 4.69) is 20.9 Å². The zero-order valence-electron chi connectivity index (χ0n) is 12.5. The van der Waals surface area contributed by atoms with Crippen LogP contribution in [0.15, 0.2) is 42.6 Å². The molecule has 3 aromatic rings. The Balaban J connectivity index is 1.95. The Labute approximate surface area is 129 Å². The molecule has 0 amide bonds. The molecule has 0 radical (unpaired) electrons. The quantitative estimate of drug-likeness (QED) is 0.807. The van der Waals surface area contributed by atoms with Gasteiger partial charge < -0.3 is 10.1 Å². The lowest BCUT2D eigenvalue weighted by atomic mass is 10.2. The fraction of sp³-hybridized carbons (Fsp3) is 0.294. The molecule has 1 aromatic carbocycles. The van der Waals surface area contributed by atoms with E-state index < -0.39 is 0 Å². The molecule has 112 valence electrons. The van der Waals surface area contributed by atoms with Crippen molar-refractivity contribution in [2.75, 3.05) is 13.7 Å². The van der Waals surface area contributed by atoms with Crippen molar-refractivity contribution in [3.8, 4) is 11.4 Å². The molecule has 0 saturated carbocycles. The number of nitrogens with zero attached hydrogens (tertiary/aromatic N) is 3. The minimum atomic E-state index is 0.278. The van der Waals surface area contributed by atoms with E-state index in [0.717, 1.165) is 41.4 Å². The lowest BCUT2D eigenvalue weighted by molar-refractivity contribution is 0.414. The van der Waals surface area contributed by atoms with E-state index in [9.17, 15) is 0 Å². The number of pyridine rings is 1. The highest BCUT2D eigenvalue weighted by molar-refractivity contribution is 5.74. The number of hydrogen-bond donors (Lipinski definition) is 1. The summed E-state index contributed by atoms with van der Waals surface area (Å²) in [5.41, 5.74) is 2.85. The predicted octanol–water partition coefficient (Wildman–Crippen LogP) is 2.85. The zero-order chi connectivity index (χ0) is 14.9. The summed E-state index contributed by atoms with van der Waals surface area (Å²) in [5.74, 6) is 1.86. The Morgan fingerprint density at radius 3 is 3.05 bits per heavy atom.